The van der Waals surface area contributed by atoms with Gasteiger partial charge in [-0.25, -0.2) is 9.59 Å². The van der Waals surface area contributed by atoms with E-state index in [1.807, 2.05) is 20.8 Å². The zero-order valence-electron chi connectivity index (χ0n) is 30.5. The molecule has 5 rings (SSSR count). The molecule has 0 bridgehead atoms. The van der Waals surface area contributed by atoms with Crippen LogP contribution in [0.4, 0.5) is 0 Å². The molecule has 0 aromatic carbocycles. The van der Waals surface area contributed by atoms with Crippen molar-refractivity contribution in [1.29, 1.82) is 0 Å². The number of carbonyl (C=O) groups excluding carboxylic acids is 2. The van der Waals surface area contributed by atoms with Crippen LogP contribution in [0.1, 0.15) is 107 Å². The molecule has 0 aliphatic heterocycles. The molecule has 270 valence electrons. The third kappa shape index (κ3) is 5.22. The fraction of sp³-hybridized carbons (Fsp3) is 0.795. The second-order valence-corrected chi connectivity index (χ2v) is 18.2. The Bertz CT molecular complexity index is 1400. The monoisotopic (exact) mass is 688 g/mol. The SMILES string of the molecule is C/C=C(\C)C(=O)OC[C@@]12C(CC(C)(C)[C@@H](O)[C@@H]1O)C1=CCC3[C@@]4(C)CC[C@H](O)[C@](C)(COC(=O)/C(C)=C/C)C4CC[C@@]3(S)[C@]1(C)C[C@H]2O. The van der Waals surface area contributed by atoms with Crippen molar-refractivity contribution in [3.63, 3.8) is 0 Å². The van der Waals surface area contributed by atoms with Crippen molar-refractivity contribution in [3.8, 4) is 0 Å². The second kappa shape index (κ2) is 12.5. The van der Waals surface area contributed by atoms with E-state index in [-0.39, 0.29) is 42.4 Å². The molecule has 0 spiro atoms. The predicted octanol–water partition coefficient (Wildman–Crippen LogP) is 5.72. The highest BCUT2D eigenvalue weighted by Crippen LogP contribution is 2.74. The number of ether oxygens (including phenoxy) is 2. The maximum absolute atomic E-state index is 12.9. The number of carbonyl (C=O) groups is 2. The number of aliphatic hydroxyl groups is 4. The Hall–Kier alpha value is -1.65. The fourth-order valence-corrected chi connectivity index (χ4v) is 12.0. The molecule has 8 nitrogen and oxygen atoms in total. The van der Waals surface area contributed by atoms with Crippen LogP contribution >= 0.6 is 12.6 Å². The summed E-state index contributed by atoms with van der Waals surface area (Å²) in [5, 5.41) is 47.1. The molecular weight excluding hydrogens is 628 g/mol. The lowest BCUT2D eigenvalue weighted by Gasteiger charge is -2.72. The summed E-state index contributed by atoms with van der Waals surface area (Å²) in [6.07, 6.45) is 6.15. The van der Waals surface area contributed by atoms with E-state index in [2.05, 4.69) is 26.8 Å². The first-order valence-electron chi connectivity index (χ1n) is 18.0. The summed E-state index contributed by atoms with van der Waals surface area (Å²) in [5.41, 5.74) is -1.20. The first-order valence-corrected chi connectivity index (χ1v) is 18.4. The average molecular weight is 689 g/mol. The van der Waals surface area contributed by atoms with Crippen LogP contribution in [0.15, 0.2) is 34.9 Å². The molecule has 0 amide bonds. The molecule has 5 aliphatic carbocycles. The van der Waals surface area contributed by atoms with Gasteiger partial charge in [-0.2, -0.15) is 12.6 Å². The van der Waals surface area contributed by atoms with Crippen LogP contribution in [0, 0.1) is 44.8 Å². The maximum atomic E-state index is 12.9. The van der Waals surface area contributed by atoms with Gasteiger partial charge < -0.3 is 29.9 Å². The molecule has 4 fully saturated rings. The van der Waals surface area contributed by atoms with Gasteiger partial charge in [-0.05, 0) is 101 Å². The molecule has 3 unspecified atom stereocenters. The third-order valence-corrected chi connectivity index (χ3v) is 15.8. The van der Waals surface area contributed by atoms with Crippen molar-refractivity contribution >= 4 is 24.6 Å². The lowest BCUT2D eigenvalue weighted by molar-refractivity contribution is -0.246. The molecule has 5 aliphatic rings. The molecule has 0 heterocycles. The minimum Gasteiger partial charge on any atom is -0.462 e. The van der Waals surface area contributed by atoms with E-state index in [9.17, 15) is 30.0 Å². The molecule has 0 aromatic heterocycles. The fourth-order valence-electron chi connectivity index (χ4n) is 11.3. The van der Waals surface area contributed by atoms with Crippen LogP contribution in [-0.4, -0.2) is 74.7 Å². The van der Waals surface area contributed by atoms with Gasteiger partial charge in [-0.3, -0.25) is 0 Å². The predicted molar refractivity (Wildman–Crippen MR) is 188 cm³/mol. The third-order valence-electron chi connectivity index (χ3n) is 14.8. The van der Waals surface area contributed by atoms with Gasteiger partial charge in [-0.15, -0.1) is 0 Å². The quantitative estimate of drug-likeness (QED) is 0.104. The van der Waals surface area contributed by atoms with Crippen LogP contribution in [0.25, 0.3) is 0 Å². The average Bonchev–Trinajstić information content (AvgIpc) is 3.03. The number of aliphatic hydroxyl groups excluding tert-OH is 4. The highest BCUT2D eigenvalue weighted by molar-refractivity contribution is 7.81. The number of hydrogen-bond acceptors (Lipinski definition) is 9. The van der Waals surface area contributed by atoms with Gasteiger partial charge in [0.1, 0.15) is 6.61 Å². The molecule has 12 atom stereocenters. The summed E-state index contributed by atoms with van der Waals surface area (Å²) in [6.45, 7) is 17.4. The topological polar surface area (TPSA) is 134 Å². The van der Waals surface area contributed by atoms with E-state index in [0.29, 0.717) is 30.4 Å². The van der Waals surface area contributed by atoms with Crippen molar-refractivity contribution in [2.45, 2.75) is 136 Å². The minimum atomic E-state index is -1.30. The van der Waals surface area contributed by atoms with Crippen molar-refractivity contribution in [2.24, 2.45) is 44.8 Å². The Balaban J connectivity index is 1.55. The van der Waals surface area contributed by atoms with Gasteiger partial charge in [0.05, 0.1) is 36.4 Å². The number of esters is 2. The summed E-state index contributed by atoms with van der Waals surface area (Å²) in [4.78, 5) is 25.6. The Morgan fingerprint density at radius 3 is 2.00 bits per heavy atom. The molecule has 0 radical (unpaired) electrons. The number of rotatable bonds is 6. The zero-order chi connectivity index (χ0) is 35.8. The standard InChI is InChI=1S/C39H60O8S/c1-10-22(3)32(44)46-20-36(8)26-14-17-39(48)27(35(26,7)16-15-28(36)40)13-12-24-25-18-34(5,6)30(42)31(43)38(25,29(41)19-37(24,39)9)21-47-33(45)23(4)11-2/h10-12,25-31,40-43,48H,13-21H2,1-9H3/b22-10+,23-11+/t25?,26?,27?,28-,29+,30-,31-,35-,36+,37+,38-,39-/m0/s1. The maximum Gasteiger partial charge on any atom is 0.333 e. The summed E-state index contributed by atoms with van der Waals surface area (Å²) in [5.74, 6) is -1.00. The van der Waals surface area contributed by atoms with Gasteiger partial charge in [0.25, 0.3) is 0 Å². The molecule has 4 saturated carbocycles. The lowest BCUT2D eigenvalue weighted by atomic mass is 9.36. The smallest absolute Gasteiger partial charge is 0.333 e. The normalized spacial score (nSPS) is 47.0. The van der Waals surface area contributed by atoms with E-state index >= 15 is 0 Å². The van der Waals surface area contributed by atoms with E-state index < -0.39 is 56.8 Å². The lowest BCUT2D eigenvalue weighted by Crippen LogP contribution is -2.73. The van der Waals surface area contributed by atoms with Crippen molar-refractivity contribution < 1.29 is 39.5 Å². The molecule has 0 aromatic rings. The highest BCUT2D eigenvalue weighted by Gasteiger charge is 2.73. The van der Waals surface area contributed by atoms with Crippen LogP contribution in [0.5, 0.6) is 0 Å². The molecule has 0 saturated heterocycles. The molecular formula is C39H60O8S. The number of thiol groups is 1. The Morgan fingerprint density at radius 2 is 1.42 bits per heavy atom. The van der Waals surface area contributed by atoms with Crippen LogP contribution < -0.4 is 0 Å². The molecule has 9 heteroatoms. The van der Waals surface area contributed by atoms with Crippen molar-refractivity contribution in [2.75, 3.05) is 13.2 Å². The Labute approximate surface area is 292 Å². The van der Waals surface area contributed by atoms with Gasteiger partial charge in [-0.1, -0.05) is 58.4 Å². The van der Waals surface area contributed by atoms with E-state index in [1.165, 1.54) is 0 Å². The number of allylic oxidation sites excluding steroid dienone is 4. The van der Waals surface area contributed by atoms with E-state index in [1.54, 1.807) is 32.9 Å². The highest BCUT2D eigenvalue weighted by atomic mass is 32.1. The summed E-state index contributed by atoms with van der Waals surface area (Å²) < 4.78 is 11.2. The van der Waals surface area contributed by atoms with E-state index in [4.69, 9.17) is 22.1 Å². The number of fused-ring (bicyclic) bond motifs is 7. The summed E-state index contributed by atoms with van der Waals surface area (Å²) >= 11 is 5.68. The molecule has 48 heavy (non-hydrogen) atoms. The van der Waals surface area contributed by atoms with Crippen LogP contribution in [0.2, 0.25) is 0 Å². The largest absolute Gasteiger partial charge is 0.462 e. The first-order chi connectivity index (χ1) is 22.2. The zero-order valence-corrected chi connectivity index (χ0v) is 31.4. The van der Waals surface area contributed by atoms with Crippen LogP contribution in [0.3, 0.4) is 0 Å². The van der Waals surface area contributed by atoms with Gasteiger partial charge >= 0.3 is 11.9 Å². The summed E-state index contributed by atoms with van der Waals surface area (Å²) in [7, 11) is 0. The Morgan fingerprint density at radius 1 is 0.833 bits per heavy atom. The van der Waals surface area contributed by atoms with Gasteiger partial charge in [0.15, 0.2) is 0 Å². The van der Waals surface area contributed by atoms with Crippen molar-refractivity contribution in [1.82, 2.24) is 0 Å². The molecule has 4 N–H and O–H groups in total. The van der Waals surface area contributed by atoms with E-state index in [0.717, 1.165) is 31.3 Å². The second-order valence-electron chi connectivity index (χ2n) is 17.4. The van der Waals surface area contributed by atoms with Crippen molar-refractivity contribution in [3.05, 3.63) is 34.9 Å². The Kier molecular flexibility index (Phi) is 9.82. The first kappa shape index (κ1) is 37.6. The number of hydrogen-bond donors (Lipinski definition) is 5. The van der Waals surface area contributed by atoms with Crippen LogP contribution in [-0.2, 0) is 19.1 Å². The minimum absolute atomic E-state index is 0.0868. The van der Waals surface area contributed by atoms with Gasteiger partial charge in [0, 0.05) is 26.7 Å². The summed E-state index contributed by atoms with van der Waals surface area (Å²) in [6, 6.07) is 0. The van der Waals surface area contributed by atoms with Gasteiger partial charge in [0.2, 0.25) is 0 Å².